The van der Waals surface area contributed by atoms with E-state index in [1.54, 1.807) is 23.4 Å². The van der Waals surface area contributed by atoms with Crippen molar-refractivity contribution in [2.24, 2.45) is 0 Å². The smallest absolute Gasteiger partial charge is 0.410 e. The molecule has 0 bridgehead atoms. The van der Waals surface area contributed by atoms with E-state index in [9.17, 15) is 9.59 Å². The Morgan fingerprint density at radius 3 is 2.51 bits per heavy atom. The lowest BCUT2D eigenvalue weighted by molar-refractivity contribution is 0.0172. The van der Waals surface area contributed by atoms with Crippen LogP contribution in [0, 0.1) is 0 Å². The minimum absolute atomic E-state index is 0.198. The lowest BCUT2D eigenvalue weighted by Crippen LogP contribution is -2.50. The minimum Gasteiger partial charge on any atom is -0.494 e. The third kappa shape index (κ3) is 11.7. The number of nitrogens with zero attached hydrogens (tertiary/aromatic N) is 4. The van der Waals surface area contributed by atoms with Crippen LogP contribution in [0.1, 0.15) is 100 Å². The molecule has 0 aliphatic carbocycles. The predicted molar refractivity (Wildman–Crippen MR) is 216 cm³/mol. The molecular formula is C43H57N7O7. The van der Waals surface area contributed by atoms with E-state index in [1.807, 2.05) is 76.2 Å². The van der Waals surface area contributed by atoms with E-state index in [2.05, 4.69) is 25.8 Å². The Balaban J connectivity index is 1.09. The highest BCUT2D eigenvalue weighted by atomic mass is 16.6. The lowest BCUT2D eigenvalue weighted by Gasteiger charge is -2.41. The number of rotatable bonds is 18. The van der Waals surface area contributed by atoms with Gasteiger partial charge in [0, 0.05) is 80.7 Å². The number of carbonyl (C=O) groups is 2. The second-order valence-electron chi connectivity index (χ2n) is 15.4. The molecule has 306 valence electrons. The molecular weight excluding hydrogens is 727 g/mol. The van der Waals surface area contributed by atoms with Crippen LogP contribution >= 0.6 is 0 Å². The van der Waals surface area contributed by atoms with Crippen LogP contribution in [-0.2, 0) is 19.7 Å². The summed E-state index contributed by atoms with van der Waals surface area (Å²) < 4.78 is 28.8. The summed E-state index contributed by atoms with van der Waals surface area (Å²) in [7, 11) is 0. The second kappa shape index (κ2) is 19.8. The Morgan fingerprint density at radius 1 is 0.947 bits per heavy atom. The topological polar surface area (TPSA) is 162 Å². The standard InChI is InChI=1S/C43H57N7O7/c1-5-53-25-10-26-54-24-7-6-8-27-55-34-13-14-37-35(30-34)36(17-28-56-37)45-39(51)32-11-9-12-33(29-32)47-43(18-22-50(23-19-43)41(52)57-42(2,3)4)40-46-38(48-49-40)31-15-20-44-21-16-31/h9,11-16,20-21,29-30,36,47H,5-8,10,17-19,22-28H2,1-4H3,(H,45,51)(H,46,48,49). The first-order chi connectivity index (χ1) is 27.6. The first-order valence-corrected chi connectivity index (χ1v) is 20.2. The van der Waals surface area contributed by atoms with Gasteiger partial charge in [-0.25, -0.2) is 9.78 Å². The number of nitrogens with one attached hydrogen (secondary N) is 3. The molecule has 14 nitrogen and oxygen atoms in total. The molecule has 2 aromatic heterocycles. The molecule has 2 amide bonds. The van der Waals surface area contributed by atoms with Crippen molar-refractivity contribution < 1.29 is 33.3 Å². The first-order valence-electron chi connectivity index (χ1n) is 20.2. The highest BCUT2D eigenvalue weighted by Gasteiger charge is 2.41. The lowest BCUT2D eigenvalue weighted by atomic mass is 9.86. The van der Waals surface area contributed by atoms with Gasteiger partial charge in [-0.1, -0.05) is 6.07 Å². The number of pyridine rings is 1. The zero-order valence-electron chi connectivity index (χ0n) is 33.7. The molecule has 1 unspecified atom stereocenters. The number of piperidine rings is 1. The van der Waals surface area contributed by atoms with Gasteiger partial charge in [-0.2, -0.15) is 5.10 Å². The maximum absolute atomic E-state index is 13.9. The van der Waals surface area contributed by atoms with Gasteiger partial charge in [-0.15, -0.1) is 0 Å². The third-order valence-electron chi connectivity index (χ3n) is 9.96. The van der Waals surface area contributed by atoms with Crippen molar-refractivity contribution in [1.29, 1.82) is 0 Å². The molecule has 2 aromatic carbocycles. The van der Waals surface area contributed by atoms with Gasteiger partial charge in [0.15, 0.2) is 11.6 Å². The summed E-state index contributed by atoms with van der Waals surface area (Å²) >= 11 is 0. The van der Waals surface area contributed by atoms with Crippen molar-refractivity contribution in [1.82, 2.24) is 30.4 Å². The van der Waals surface area contributed by atoms with Crippen molar-refractivity contribution in [3.8, 4) is 22.9 Å². The largest absolute Gasteiger partial charge is 0.494 e. The number of anilines is 1. The molecule has 3 N–H and O–H groups in total. The number of hydrogen-bond donors (Lipinski definition) is 3. The van der Waals surface area contributed by atoms with Crippen LogP contribution in [0.25, 0.3) is 11.4 Å². The Bertz CT molecular complexity index is 1890. The number of amides is 2. The average Bonchev–Trinajstić information content (AvgIpc) is 3.72. The van der Waals surface area contributed by atoms with E-state index in [1.165, 1.54) is 0 Å². The quantitative estimate of drug-likeness (QED) is 0.0860. The molecule has 14 heteroatoms. The van der Waals surface area contributed by atoms with Crippen LogP contribution in [0.3, 0.4) is 0 Å². The molecule has 6 rings (SSSR count). The number of ether oxygens (including phenoxy) is 5. The fourth-order valence-electron chi connectivity index (χ4n) is 6.98. The van der Waals surface area contributed by atoms with E-state index < -0.39 is 11.1 Å². The summed E-state index contributed by atoms with van der Waals surface area (Å²) in [6.07, 6.45) is 8.60. The van der Waals surface area contributed by atoms with Gasteiger partial charge in [0.25, 0.3) is 5.91 Å². The number of hydrogen-bond acceptors (Lipinski definition) is 11. The van der Waals surface area contributed by atoms with E-state index in [0.717, 1.165) is 80.4 Å². The fourth-order valence-corrected chi connectivity index (χ4v) is 6.98. The summed E-state index contributed by atoms with van der Waals surface area (Å²) in [6.45, 7) is 12.5. The summed E-state index contributed by atoms with van der Waals surface area (Å²) in [5.74, 6) is 2.49. The van der Waals surface area contributed by atoms with Crippen molar-refractivity contribution in [2.75, 3.05) is 58.0 Å². The summed E-state index contributed by atoms with van der Waals surface area (Å²) in [5, 5.41) is 14.6. The number of aromatic nitrogens is 4. The Morgan fingerprint density at radius 2 is 1.72 bits per heavy atom. The molecule has 0 radical (unpaired) electrons. The number of fused-ring (bicyclic) bond motifs is 1. The fraction of sp³-hybridized carbons (Fsp3) is 0.512. The van der Waals surface area contributed by atoms with Crippen molar-refractivity contribution in [2.45, 2.75) is 89.8 Å². The highest BCUT2D eigenvalue weighted by molar-refractivity contribution is 5.95. The monoisotopic (exact) mass is 783 g/mol. The van der Waals surface area contributed by atoms with Gasteiger partial charge in [0.05, 0.1) is 19.3 Å². The number of carbonyl (C=O) groups excluding carboxylic acids is 2. The van der Waals surface area contributed by atoms with Crippen molar-refractivity contribution in [3.63, 3.8) is 0 Å². The zero-order valence-corrected chi connectivity index (χ0v) is 33.7. The van der Waals surface area contributed by atoms with Crippen LogP contribution in [0.15, 0.2) is 67.0 Å². The number of unbranched alkanes of at least 4 members (excludes halogenated alkanes) is 2. The van der Waals surface area contributed by atoms with Gasteiger partial charge in [-0.05, 0) is 115 Å². The molecule has 0 saturated carbocycles. The third-order valence-corrected chi connectivity index (χ3v) is 9.96. The predicted octanol–water partition coefficient (Wildman–Crippen LogP) is 7.45. The van der Waals surface area contributed by atoms with Crippen LogP contribution in [0.4, 0.5) is 10.5 Å². The number of H-pyrrole nitrogens is 1. The molecule has 57 heavy (non-hydrogen) atoms. The molecule has 0 spiro atoms. The summed E-state index contributed by atoms with van der Waals surface area (Å²) in [5.41, 5.74) is 1.68. The molecule has 4 heterocycles. The Labute approximate surface area is 335 Å². The number of aromatic amines is 1. The van der Waals surface area contributed by atoms with Gasteiger partial charge in [0.2, 0.25) is 0 Å². The van der Waals surface area contributed by atoms with Gasteiger partial charge in [-0.3, -0.25) is 14.9 Å². The number of likely N-dealkylation sites (tertiary alicyclic amines) is 1. The van der Waals surface area contributed by atoms with Crippen molar-refractivity contribution in [3.05, 3.63) is 83.9 Å². The molecule has 2 aliphatic rings. The van der Waals surface area contributed by atoms with E-state index in [4.69, 9.17) is 28.7 Å². The van der Waals surface area contributed by atoms with Gasteiger partial charge >= 0.3 is 6.09 Å². The van der Waals surface area contributed by atoms with Gasteiger partial charge < -0.3 is 39.2 Å². The summed E-state index contributed by atoms with van der Waals surface area (Å²) in [6, 6.07) is 16.7. The first kappa shape index (κ1) is 41.4. The van der Waals surface area contributed by atoms with E-state index in [-0.39, 0.29) is 18.0 Å². The second-order valence-corrected chi connectivity index (χ2v) is 15.4. The van der Waals surface area contributed by atoms with Gasteiger partial charge in [0.1, 0.15) is 22.6 Å². The maximum Gasteiger partial charge on any atom is 0.410 e. The molecule has 1 fully saturated rings. The normalized spacial score (nSPS) is 16.3. The van der Waals surface area contributed by atoms with Crippen molar-refractivity contribution >= 4 is 17.7 Å². The zero-order chi connectivity index (χ0) is 40.1. The summed E-state index contributed by atoms with van der Waals surface area (Å²) in [4.78, 5) is 37.6. The molecule has 2 aliphatic heterocycles. The van der Waals surface area contributed by atoms with Crippen LogP contribution < -0.4 is 20.1 Å². The number of benzene rings is 2. The Kier molecular flexibility index (Phi) is 14.4. The highest BCUT2D eigenvalue weighted by Crippen LogP contribution is 2.37. The molecule has 1 saturated heterocycles. The molecule has 4 aromatic rings. The average molecular weight is 784 g/mol. The Hall–Kier alpha value is -5.21. The maximum atomic E-state index is 13.9. The molecule has 1 atom stereocenters. The minimum atomic E-state index is -0.709. The SMILES string of the molecule is CCOCCCOCCCCCOc1ccc2c(c1)C(NC(=O)c1cccc(NC3(c4nc(-c5ccncc5)n[nH]4)CCN(C(=O)OC(C)(C)C)CC3)c1)CCO2. The van der Waals surface area contributed by atoms with E-state index in [0.29, 0.717) is 62.8 Å². The van der Waals surface area contributed by atoms with E-state index >= 15 is 0 Å². The van der Waals surface area contributed by atoms with Crippen LogP contribution in [-0.4, -0.2) is 95.4 Å². The van der Waals surface area contributed by atoms with Crippen LogP contribution in [0.2, 0.25) is 0 Å². The van der Waals surface area contributed by atoms with Crippen LogP contribution in [0.5, 0.6) is 11.5 Å².